The first-order valence-electron chi connectivity index (χ1n) is 5.52. The summed E-state index contributed by atoms with van der Waals surface area (Å²) in [4.78, 5) is 15.3. The minimum atomic E-state index is -0.956. The highest BCUT2D eigenvalue weighted by Crippen LogP contribution is 2.23. The van der Waals surface area contributed by atoms with Crippen LogP contribution in [0, 0.1) is 5.92 Å². The molecule has 0 saturated heterocycles. The Morgan fingerprint density at radius 2 is 2.22 bits per heavy atom. The van der Waals surface area contributed by atoms with Crippen molar-refractivity contribution in [3.8, 4) is 11.4 Å². The first kappa shape index (κ1) is 12.2. The normalized spacial score (nSPS) is 12.6. The van der Waals surface area contributed by atoms with Crippen molar-refractivity contribution in [3.63, 3.8) is 0 Å². The largest absolute Gasteiger partial charge is 0.480 e. The average Bonchev–Trinajstić information content (AvgIpc) is 2.78. The van der Waals surface area contributed by atoms with Crippen molar-refractivity contribution < 1.29 is 9.90 Å². The summed E-state index contributed by atoms with van der Waals surface area (Å²) in [5.74, 6) is -0.673. The molecule has 7 nitrogen and oxygen atoms in total. The highest BCUT2D eigenvalue weighted by atomic mass is 16.4. The number of aliphatic carboxylic acids is 1. The fourth-order valence-electron chi connectivity index (χ4n) is 1.74. The van der Waals surface area contributed by atoms with Gasteiger partial charge in [-0.15, -0.1) is 5.10 Å². The molecule has 2 heterocycles. The number of rotatable bonds is 4. The predicted molar refractivity (Wildman–Crippen MR) is 62.6 cm³/mol. The molecule has 7 heteroatoms. The molecule has 2 aromatic heterocycles. The van der Waals surface area contributed by atoms with E-state index < -0.39 is 12.0 Å². The SMILES string of the molecule is CC(C)C(C(=O)O)n1nnnc1-c1cccnc1. The van der Waals surface area contributed by atoms with Crippen LogP contribution < -0.4 is 0 Å². The van der Waals surface area contributed by atoms with Crippen molar-refractivity contribution in [3.05, 3.63) is 24.5 Å². The third-order valence-corrected chi connectivity index (χ3v) is 2.56. The van der Waals surface area contributed by atoms with Gasteiger partial charge >= 0.3 is 5.97 Å². The van der Waals surface area contributed by atoms with Crippen LogP contribution in [0.4, 0.5) is 0 Å². The minimum absolute atomic E-state index is 0.124. The second kappa shape index (κ2) is 4.91. The first-order valence-corrected chi connectivity index (χ1v) is 5.52. The minimum Gasteiger partial charge on any atom is -0.480 e. The Bertz CT molecular complexity index is 537. The summed E-state index contributed by atoms with van der Waals surface area (Å²) in [6.07, 6.45) is 3.23. The Kier molecular flexibility index (Phi) is 3.31. The van der Waals surface area contributed by atoms with Crippen LogP contribution in [0.2, 0.25) is 0 Å². The Morgan fingerprint density at radius 3 is 2.78 bits per heavy atom. The third-order valence-electron chi connectivity index (χ3n) is 2.56. The number of aromatic nitrogens is 5. The smallest absolute Gasteiger partial charge is 0.328 e. The number of tetrazole rings is 1. The van der Waals surface area contributed by atoms with E-state index in [2.05, 4.69) is 20.5 Å². The fraction of sp³-hybridized carbons (Fsp3) is 0.364. The summed E-state index contributed by atoms with van der Waals surface area (Å²) in [6.45, 7) is 3.63. The molecular formula is C11H13N5O2. The molecule has 1 atom stereocenters. The van der Waals surface area contributed by atoms with Crippen LogP contribution in [0.1, 0.15) is 19.9 Å². The highest BCUT2D eigenvalue weighted by molar-refractivity contribution is 5.73. The number of carboxylic acid groups (broad SMARTS) is 1. The van der Waals surface area contributed by atoms with E-state index >= 15 is 0 Å². The van der Waals surface area contributed by atoms with Crippen molar-refractivity contribution >= 4 is 5.97 Å². The van der Waals surface area contributed by atoms with Gasteiger partial charge in [-0.1, -0.05) is 13.8 Å². The van der Waals surface area contributed by atoms with Crippen LogP contribution in [0.15, 0.2) is 24.5 Å². The summed E-state index contributed by atoms with van der Waals surface area (Å²) in [7, 11) is 0. The maximum absolute atomic E-state index is 11.3. The number of hydrogen-bond donors (Lipinski definition) is 1. The van der Waals surface area contributed by atoms with Gasteiger partial charge in [0, 0.05) is 18.0 Å². The maximum atomic E-state index is 11.3. The van der Waals surface area contributed by atoms with E-state index in [0.717, 1.165) is 0 Å². The Morgan fingerprint density at radius 1 is 1.44 bits per heavy atom. The zero-order valence-electron chi connectivity index (χ0n) is 10.1. The van der Waals surface area contributed by atoms with Crippen LogP contribution in [-0.4, -0.2) is 36.3 Å². The Labute approximate surface area is 103 Å². The molecule has 2 aromatic rings. The third kappa shape index (κ3) is 2.20. The van der Waals surface area contributed by atoms with E-state index in [1.807, 2.05) is 13.8 Å². The molecular weight excluding hydrogens is 234 g/mol. The molecule has 0 aliphatic rings. The molecule has 0 radical (unpaired) electrons. The second-order valence-corrected chi connectivity index (χ2v) is 4.22. The molecule has 0 bridgehead atoms. The van der Waals surface area contributed by atoms with Crippen LogP contribution >= 0.6 is 0 Å². The number of nitrogens with zero attached hydrogens (tertiary/aromatic N) is 5. The molecule has 0 aliphatic carbocycles. The molecule has 18 heavy (non-hydrogen) atoms. The summed E-state index contributed by atoms with van der Waals surface area (Å²) in [5.41, 5.74) is 0.689. The van der Waals surface area contributed by atoms with Crippen molar-refractivity contribution in [2.45, 2.75) is 19.9 Å². The van der Waals surface area contributed by atoms with Crippen LogP contribution in [0.5, 0.6) is 0 Å². The molecule has 0 aromatic carbocycles. The molecule has 0 spiro atoms. The van der Waals surface area contributed by atoms with E-state index in [9.17, 15) is 9.90 Å². The quantitative estimate of drug-likeness (QED) is 0.866. The molecule has 0 aliphatic heterocycles. The van der Waals surface area contributed by atoms with E-state index in [4.69, 9.17) is 0 Å². The van der Waals surface area contributed by atoms with Crippen LogP contribution in [0.3, 0.4) is 0 Å². The van der Waals surface area contributed by atoms with Crippen molar-refractivity contribution in [2.24, 2.45) is 5.92 Å². The van der Waals surface area contributed by atoms with E-state index in [0.29, 0.717) is 11.4 Å². The summed E-state index contributed by atoms with van der Waals surface area (Å²) < 4.78 is 1.32. The van der Waals surface area contributed by atoms with E-state index in [1.165, 1.54) is 4.68 Å². The molecule has 2 rings (SSSR count). The van der Waals surface area contributed by atoms with Gasteiger partial charge in [0.25, 0.3) is 0 Å². The number of carboxylic acids is 1. The van der Waals surface area contributed by atoms with Crippen molar-refractivity contribution in [1.29, 1.82) is 0 Å². The van der Waals surface area contributed by atoms with Gasteiger partial charge in [-0.25, -0.2) is 9.48 Å². The second-order valence-electron chi connectivity index (χ2n) is 4.22. The summed E-state index contributed by atoms with van der Waals surface area (Å²) in [6, 6.07) is 2.74. The number of carbonyl (C=O) groups is 1. The van der Waals surface area contributed by atoms with E-state index in [1.54, 1.807) is 24.5 Å². The maximum Gasteiger partial charge on any atom is 0.328 e. The standard InChI is InChI=1S/C11H13N5O2/c1-7(2)9(11(17)18)16-10(13-14-15-16)8-4-3-5-12-6-8/h3-7,9H,1-2H3,(H,17,18). The topological polar surface area (TPSA) is 93.8 Å². The van der Waals surface area contributed by atoms with Crippen molar-refractivity contribution in [1.82, 2.24) is 25.2 Å². The number of pyridine rings is 1. The monoisotopic (exact) mass is 247 g/mol. The first-order chi connectivity index (χ1) is 8.61. The lowest BCUT2D eigenvalue weighted by atomic mass is 10.0. The molecule has 94 valence electrons. The van der Waals surface area contributed by atoms with Crippen LogP contribution in [0.25, 0.3) is 11.4 Å². The number of hydrogen-bond acceptors (Lipinski definition) is 5. The predicted octanol–water partition coefficient (Wildman–Crippen LogP) is 1.02. The molecule has 1 N–H and O–H groups in total. The highest BCUT2D eigenvalue weighted by Gasteiger charge is 2.28. The molecule has 1 unspecified atom stereocenters. The van der Waals surface area contributed by atoms with Gasteiger partial charge in [0.05, 0.1) is 0 Å². The van der Waals surface area contributed by atoms with Gasteiger partial charge < -0.3 is 5.11 Å². The summed E-state index contributed by atoms with van der Waals surface area (Å²) in [5, 5.41) is 20.5. The average molecular weight is 247 g/mol. The van der Waals surface area contributed by atoms with Gasteiger partial charge in [0.2, 0.25) is 0 Å². The van der Waals surface area contributed by atoms with Gasteiger partial charge in [0.1, 0.15) is 0 Å². The molecule has 0 fully saturated rings. The lowest BCUT2D eigenvalue weighted by Gasteiger charge is -2.17. The van der Waals surface area contributed by atoms with E-state index in [-0.39, 0.29) is 5.92 Å². The van der Waals surface area contributed by atoms with Crippen LogP contribution in [-0.2, 0) is 4.79 Å². The lowest BCUT2D eigenvalue weighted by Crippen LogP contribution is -2.26. The van der Waals surface area contributed by atoms with Crippen molar-refractivity contribution in [2.75, 3.05) is 0 Å². The van der Waals surface area contributed by atoms with Gasteiger partial charge in [-0.05, 0) is 28.5 Å². The molecule has 0 amide bonds. The van der Waals surface area contributed by atoms with Gasteiger partial charge in [-0.2, -0.15) is 0 Å². The Hall–Kier alpha value is -2.31. The Balaban J connectivity index is 2.47. The zero-order chi connectivity index (χ0) is 13.1. The summed E-state index contributed by atoms with van der Waals surface area (Å²) >= 11 is 0. The lowest BCUT2D eigenvalue weighted by molar-refractivity contribution is -0.142. The van der Waals surface area contributed by atoms with Gasteiger partial charge in [0.15, 0.2) is 11.9 Å². The zero-order valence-corrected chi connectivity index (χ0v) is 10.1. The molecule has 0 saturated carbocycles. The fourth-order valence-corrected chi connectivity index (χ4v) is 1.74. The van der Waals surface area contributed by atoms with Gasteiger partial charge in [-0.3, -0.25) is 4.98 Å².